The summed E-state index contributed by atoms with van der Waals surface area (Å²) in [6.45, 7) is 3.89. The zero-order chi connectivity index (χ0) is 24.7. The summed E-state index contributed by atoms with van der Waals surface area (Å²) < 4.78 is 12.8. The van der Waals surface area contributed by atoms with Crippen molar-refractivity contribution >= 4 is 44.7 Å². The van der Waals surface area contributed by atoms with Crippen LogP contribution in [-0.4, -0.2) is 49.2 Å². The fourth-order valence-corrected chi connectivity index (χ4v) is 3.66. The number of esters is 1. The van der Waals surface area contributed by atoms with Crippen LogP contribution in [-0.2, 0) is 16.0 Å². The number of hydrogen-bond acceptors (Lipinski definition) is 7. The first-order valence-corrected chi connectivity index (χ1v) is 12.0. The maximum Gasteiger partial charge on any atom is 0.344 e. The number of unbranched alkanes of at least 4 members (excludes halogenated alkanes) is 1. The predicted molar refractivity (Wildman–Crippen MR) is 138 cm³/mol. The van der Waals surface area contributed by atoms with Gasteiger partial charge in [0.15, 0.2) is 6.61 Å². The van der Waals surface area contributed by atoms with E-state index in [1.165, 1.54) is 4.68 Å². The quantitative estimate of drug-likeness (QED) is 0.286. The van der Waals surface area contributed by atoms with Gasteiger partial charge in [-0.1, -0.05) is 29.3 Å². The molecule has 0 saturated heterocycles. The number of aryl methyl sites for hydroxylation is 1. The lowest BCUT2D eigenvalue weighted by molar-refractivity contribution is -0.145. The number of nitrogens with zero attached hydrogens (tertiary/aromatic N) is 4. The van der Waals surface area contributed by atoms with Gasteiger partial charge in [0.1, 0.15) is 11.6 Å². The van der Waals surface area contributed by atoms with Gasteiger partial charge < -0.3 is 14.4 Å². The van der Waals surface area contributed by atoms with E-state index in [-0.39, 0.29) is 18.8 Å². The zero-order valence-corrected chi connectivity index (χ0v) is 21.5. The first-order chi connectivity index (χ1) is 16.3. The van der Waals surface area contributed by atoms with E-state index in [9.17, 15) is 9.59 Å². The summed E-state index contributed by atoms with van der Waals surface area (Å²) in [5, 5.41) is 4.98. The van der Waals surface area contributed by atoms with Gasteiger partial charge in [0.05, 0.1) is 23.7 Å². The van der Waals surface area contributed by atoms with Crippen LogP contribution in [0.5, 0.6) is 5.75 Å². The molecule has 0 spiro atoms. The van der Waals surface area contributed by atoms with E-state index in [1.54, 1.807) is 19.2 Å². The molecule has 0 aliphatic carbocycles. The third-order valence-corrected chi connectivity index (χ3v) is 5.60. The number of carbonyl (C=O) groups is 1. The molecule has 1 heterocycles. The summed E-state index contributed by atoms with van der Waals surface area (Å²) >= 11 is 3.42. The van der Waals surface area contributed by atoms with E-state index < -0.39 is 5.97 Å². The lowest BCUT2D eigenvalue weighted by Gasteiger charge is -2.16. The largest absolute Gasteiger partial charge is 0.481 e. The van der Waals surface area contributed by atoms with Gasteiger partial charge in [-0.25, -0.2) is 9.78 Å². The predicted octanol–water partition coefficient (Wildman–Crippen LogP) is 4.39. The lowest BCUT2D eigenvalue weighted by Crippen LogP contribution is -2.22. The summed E-state index contributed by atoms with van der Waals surface area (Å²) in [7, 11) is 3.83. The van der Waals surface area contributed by atoms with Crippen molar-refractivity contribution in [1.82, 2.24) is 9.66 Å². The molecule has 0 aliphatic rings. The van der Waals surface area contributed by atoms with Crippen LogP contribution in [0.2, 0.25) is 0 Å². The van der Waals surface area contributed by atoms with Crippen LogP contribution in [0.3, 0.4) is 0 Å². The number of fused-ring (bicyclic) bond motifs is 1. The Morgan fingerprint density at radius 3 is 2.71 bits per heavy atom. The summed E-state index contributed by atoms with van der Waals surface area (Å²) in [6.07, 6.45) is 4.04. The minimum Gasteiger partial charge on any atom is -0.481 e. The van der Waals surface area contributed by atoms with Crippen LogP contribution in [0.1, 0.15) is 38.1 Å². The Kier molecular flexibility index (Phi) is 8.81. The standard InChI is InChI=1S/C25H29BrN4O4/c1-5-7-8-23-28-21-12-10-18(26)13-20(21)25(32)30(23)27-15-17-9-11-19(29(3)4)14-22(17)34-16-24(31)33-6-2/h9-15H,5-8,16H2,1-4H3. The monoisotopic (exact) mass is 528 g/mol. The molecule has 0 N–H and O–H groups in total. The fourth-order valence-electron chi connectivity index (χ4n) is 3.30. The normalized spacial score (nSPS) is 11.2. The van der Waals surface area contributed by atoms with Crippen molar-refractivity contribution in [2.24, 2.45) is 5.10 Å². The Morgan fingerprint density at radius 2 is 2.00 bits per heavy atom. The van der Waals surface area contributed by atoms with Crippen LogP contribution in [0.4, 0.5) is 5.69 Å². The second kappa shape index (κ2) is 11.8. The summed E-state index contributed by atoms with van der Waals surface area (Å²) in [4.78, 5) is 31.7. The lowest BCUT2D eigenvalue weighted by atomic mass is 10.2. The Bertz CT molecular complexity index is 1250. The van der Waals surface area contributed by atoms with Gasteiger partial charge in [-0.3, -0.25) is 4.79 Å². The highest BCUT2D eigenvalue weighted by atomic mass is 79.9. The molecule has 0 amide bonds. The molecular weight excluding hydrogens is 500 g/mol. The van der Waals surface area contributed by atoms with Gasteiger partial charge in [-0.15, -0.1) is 0 Å². The number of carbonyl (C=O) groups excluding carboxylic acids is 1. The average molecular weight is 529 g/mol. The Labute approximate surface area is 207 Å². The second-order valence-electron chi connectivity index (χ2n) is 7.86. The molecule has 0 fully saturated rings. The maximum absolute atomic E-state index is 13.3. The molecule has 9 heteroatoms. The van der Waals surface area contributed by atoms with Crippen molar-refractivity contribution in [2.75, 3.05) is 32.2 Å². The van der Waals surface area contributed by atoms with Crippen molar-refractivity contribution in [3.05, 3.63) is 62.6 Å². The third kappa shape index (κ3) is 6.22. The molecule has 34 heavy (non-hydrogen) atoms. The first-order valence-electron chi connectivity index (χ1n) is 11.2. The molecule has 0 unspecified atom stereocenters. The van der Waals surface area contributed by atoms with E-state index in [2.05, 4.69) is 28.0 Å². The Morgan fingerprint density at radius 1 is 1.21 bits per heavy atom. The molecule has 1 aromatic heterocycles. The average Bonchev–Trinajstić information content (AvgIpc) is 2.81. The maximum atomic E-state index is 13.3. The highest BCUT2D eigenvalue weighted by Crippen LogP contribution is 2.24. The molecule has 180 valence electrons. The Balaban J connectivity index is 2.04. The van der Waals surface area contributed by atoms with Crippen LogP contribution < -0.4 is 15.2 Å². The molecular formula is C25H29BrN4O4. The molecule has 3 rings (SSSR count). The van der Waals surface area contributed by atoms with E-state index in [0.29, 0.717) is 34.5 Å². The van der Waals surface area contributed by atoms with Gasteiger partial charge in [0.2, 0.25) is 0 Å². The van der Waals surface area contributed by atoms with Crippen LogP contribution in [0, 0.1) is 0 Å². The number of aromatic nitrogens is 2. The van der Waals surface area contributed by atoms with Gasteiger partial charge >= 0.3 is 5.97 Å². The minimum atomic E-state index is -0.456. The molecule has 0 saturated carbocycles. The third-order valence-electron chi connectivity index (χ3n) is 5.11. The molecule has 8 nitrogen and oxygen atoms in total. The summed E-state index contributed by atoms with van der Waals surface area (Å²) in [5.74, 6) is 0.600. The van der Waals surface area contributed by atoms with Crippen molar-refractivity contribution in [2.45, 2.75) is 33.1 Å². The smallest absolute Gasteiger partial charge is 0.344 e. The van der Waals surface area contributed by atoms with Crippen molar-refractivity contribution in [3.8, 4) is 5.75 Å². The van der Waals surface area contributed by atoms with Gasteiger partial charge in [-0.05, 0) is 43.7 Å². The minimum absolute atomic E-state index is 0.223. The van der Waals surface area contributed by atoms with Gasteiger partial charge in [0.25, 0.3) is 5.56 Å². The number of halogens is 1. The Hall–Kier alpha value is -3.20. The number of ether oxygens (including phenoxy) is 2. The fraction of sp³-hybridized carbons (Fsp3) is 0.360. The number of benzene rings is 2. The number of anilines is 1. The van der Waals surface area contributed by atoms with E-state index in [4.69, 9.17) is 14.5 Å². The molecule has 0 bridgehead atoms. The molecule has 0 atom stereocenters. The van der Waals surface area contributed by atoms with E-state index in [0.717, 1.165) is 23.0 Å². The summed E-state index contributed by atoms with van der Waals surface area (Å²) in [6, 6.07) is 11.0. The van der Waals surface area contributed by atoms with E-state index in [1.807, 2.05) is 49.3 Å². The van der Waals surface area contributed by atoms with Crippen molar-refractivity contribution in [1.29, 1.82) is 0 Å². The number of hydrogen-bond donors (Lipinski definition) is 0. The van der Waals surface area contributed by atoms with Crippen LogP contribution in [0.15, 0.2) is 50.8 Å². The summed E-state index contributed by atoms with van der Waals surface area (Å²) in [5.41, 5.74) is 1.92. The van der Waals surface area contributed by atoms with Crippen LogP contribution >= 0.6 is 15.9 Å². The van der Waals surface area contributed by atoms with Crippen LogP contribution in [0.25, 0.3) is 10.9 Å². The molecule has 3 aromatic rings. The van der Waals surface area contributed by atoms with Gasteiger partial charge in [0, 0.05) is 42.3 Å². The van der Waals surface area contributed by atoms with E-state index >= 15 is 0 Å². The highest BCUT2D eigenvalue weighted by Gasteiger charge is 2.13. The number of rotatable bonds is 10. The zero-order valence-electron chi connectivity index (χ0n) is 19.9. The molecule has 0 radical (unpaired) electrons. The SMILES string of the molecule is CCCCc1nc2ccc(Br)cc2c(=O)n1N=Cc1ccc(N(C)C)cc1OCC(=O)OCC. The topological polar surface area (TPSA) is 86.0 Å². The van der Waals surface area contributed by atoms with Crippen molar-refractivity contribution < 1.29 is 14.3 Å². The van der Waals surface area contributed by atoms with Gasteiger partial charge in [-0.2, -0.15) is 9.78 Å². The molecule has 0 aliphatic heterocycles. The molecule has 2 aromatic carbocycles. The first kappa shape index (κ1) is 25.4. The highest BCUT2D eigenvalue weighted by molar-refractivity contribution is 9.10. The van der Waals surface area contributed by atoms with Crippen molar-refractivity contribution in [3.63, 3.8) is 0 Å². The second-order valence-corrected chi connectivity index (χ2v) is 8.78.